The number of benzene rings is 1. The van der Waals surface area contributed by atoms with Crippen LogP contribution in [0.25, 0.3) is 6.08 Å². The third-order valence-electron chi connectivity index (χ3n) is 11.2. The van der Waals surface area contributed by atoms with Gasteiger partial charge >= 0.3 is 23.9 Å². The maximum absolute atomic E-state index is 12.9. The van der Waals surface area contributed by atoms with Gasteiger partial charge in [-0.3, -0.25) is 0 Å². The van der Waals surface area contributed by atoms with E-state index in [2.05, 4.69) is 0 Å². The molecule has 0 bridgehead atoms. The third kappa shape index (κ3) is 14.0. The van der Waals surface area contributed by atoms with Crippen molar-refractivity contribution in [2.45, 2.75) is 119 Å². The van der Waals surface area contributed by atoms with E-state index >= 15 is 0 Å². The van der Waals surface area contributed by atoms with Crippen LogP contribution < -0.4 is 0 Å². The number of aromatic hydroxyl groups is 2. The molecule has 69 heavy (non-hydrogen) atoms. The molecule has 376 valence electrons. The van der Waals surface area contributed by atoms with Gasteiger partial charge in [-0.25, -0.2) is 19.2 Å². The lowest BCUT2D eigenvalue weighted by Gasteiger charge is -2.44. The Balaban J connectivity index is 1.11. The van der Waals surface area contributed by atoms with Gasteiger partial charge in [0.05, 0.1) is 13.2 Å². The summed E-state index contributed by atoms with van der Waals surface area (Å²) in [6.45, 7) is 3.65. The molecule has 1 aromatic rings. The summed E-state index contributed by atoms with van der Waals surface area (Å²) in [5, 5.41) is 111. The van der Waals surface area contributed by atoms with Gasteiger partial charge in [0.25, 0.3) is 0 Å². The van der Waals surface area contributed by atoms with Crippen molar-refractivity contribution in [1.82, 2.24) is 0 Å². The smallest absolute Gasteiger partial charge is 0.374 e. The number of hydrogen-bond donors (Lipinski definition) is 11. The van der Waals surface area contributed by atoms with Crippen LogP contribution in [-0.4, -0.2) is 179 Å². The van der Waals surface area contributed by atoms with Gasteiger partial charge in [0.2, 0.25) is 12.0 Å². The van der Waals surface area contributed by atoms with Gasteiger partial charge in [0.1, 0.15) is 61.0 Å². The number of carbonyl (C=O) groups excluding carboxylic acids is 3. The van der Waals surface area contributed by atoms with Gasteiger partial charge in [-0.1, -0.05) is 71.9 Å². The molecular weight excluding hydrogens is 916 g/mol. The van der Waals surface area contributed by atoms with Crippen LogP contribution in [0.3, 0.4) is 0 Å². The van der Waals surface area contributed by atoms with E-state index in [1.54, 1.807) is 56.4 Å². The number of phenolic OH excluding ortho intramolecular Hbond substituents is 2. The summed E-state index contributed by atoms with van der Waals surface area (Å²) in [6, 6.07) is 3.80. The number of aliphatic hydroxyl groups is 8. The van der Waals surface area contributed by atoms with Crippen molar-refractivity contribution in [3.63, 3.8) is 0 Å². The lowest BCUT2D eigenvalue weighted by Crippen LogP contribution is -2.61. The van der Waals surface area contributed by atoms with Crippen LogP contribution in [0.5, 0.6) is 11.5 Å². The molecule has 0 amide bonds. The second-order valence-electron chi connectivity index (χ2n) is 16.6. The van der Waals surface area contributed by atoms with Gasteiger partial charge < -0.3 is 89.3 Å². The fraction of sp³-hybridized carbons (Fsp3) is 0.447. The van der Waals surface area contributed by atoms with Crippen LogP contribution in [-0.2, 0) is 52.3 Å². The Morgan fingerprint density at radius 1 is 0.739 bits per heavy atom. The predicted octanol–water partition coefficient (Wildman–Crippen LogP) is -0.498. The van der Waals surface area contributed by atoms with Gasteiger partial charge in [0.15, 0.2) is 29.5 Å². The van der Waals surface area contributed by atoms with E-state index in [9.17, 15) is 75.3 Å². The SMILES string of the molecule is CC(=C/C=C/C=C(C)/C=C/C=C(\C)C(=O)O[C@@H]1OC(CO[C@@H]2OC(CO)[C@@H](O)C(O)C2O)[C@@H](O)C(O)C1O)/C=C/C=C1\O[C@H]2C[C@](O)(C(=O)O)C[C@@H](OC(=O)/C=C/c3ccc(O)c(O)c3)[C@@H]2OC1=O. The maximum Gasteiger partial charge on any atom is 0.374 e. The number of carbonyl (C=O) groups is 4. The van der Waals surface area contributed by atoms with Crippen LogP contribution in [0.4, 0.5) is 0 Å². The maximum atomic E-state index is 12.9. The molecular formula is C47H56O22. The first-order chi connectivity index (χ1) is 32.6. The molecule has 4 aliphatic rings. The molecule has 3 saturated heterocycles. The molecule has 1 aromatic carbocycles. The average Bonchev–Trinajstić information content (AvgIpc) is 3.30. The molecule has 6 unspecified atom stereocenters. The highest BCUT2D eigenvalue weighted by Crippen LogP contribution is 2.38. The van der Waals surface area contributed by atoms with Crippen molar-refractivity contribution >= 4 is 30.0 Å². The largest absolute Gasteiger partial charge is 0.504 e. The number of hydrogen-bond acceptors (Lipinski definition) is 21. The lowest BCUT2D eigenvalue weighted by atomic mass is 9.79. The zero-order valence-corrected chi connectivity index (χ0v) is 37.4. The summed E-state index contributed by atoms with van der Waals surface area (Å²) in [6.07, 6.45) is -3.26. The molecule has 4 fully saturated rings. The van der Waals surface area contributed by atoms with Crippen molar-refractivity contribution < 1.29 is 109 Å². The second-order valence-corrected chi connectivity index (χ2v) is 16.6. The van der Waals surface area contributed by atoms with Crippen LogP contribution in [0.2, 0.25) is 0 Å². The van der Waals surface area contributed by atoms with Crippen molar-refractivity contribution in [3.8, 4) is 11.5 Å². The molecule has 5 rings (SSSR count). The number of phenols is 2. The van der Waals surface area contributed by atoms with E-state index in [-0.39, 0.29) is 17.1 Å². The number of carboxylic acids is 1. The normalized spacial score (nSPS) is 34.2. The summed E-state index contributed by atoms with van der Waals surface area (Å²) in [7, 11) is 0. The predicted molar refractivity (Wildman–Crippen MR) is 235 cm³/mol. The van der Waals surface area contributed by atoms with Crippen molar-refractivity contribution in [2.24, 2.45) is 0 Å². The van der Waals surface area contributed by atoms with E-state index < -0.39 is 141 Å². The van der Waals surface area contributed by atoms with Gasteiger partial charge in [0, 0.05) is 24.5 Å². The van der Waals surface area contributed by atoms with Gasteiger partial charge in [-0.05, 0) is 50.6 Å². The summed E-state index contributed by atoms with van der Waals surface area (Å²) in [5.74, 6) is -5.49. The van der Waals surface area contributed by atoms with Crippen LogP contribution in [0.1, 0.15) is 39.2 Å². The number of fused-ring (bicyclic) bond motifs is 1. The van der Waals surface area contributed by atoms with Crippen molar-refractivity contribution in [3.05, 3.63) is 113 Å². The fourth-order valence-corrected chi connectivity index (χ4v) is 7.23. The summed E-state index contributed by atoms with van der Waals surface area (Å²) in [5.41, 5.74) is -0.500. The summed E-state index contributed by atoms with van der Waals surface area (Å²) < 4.78 is 38.1. The monoisotopic (exact) mass is 972 g/mol. The Labute approximate surface area is 394 Å². The highest BCUT2D eigenvalue weighted by atomic mass is 16.7. The zero-order chi connectivity index (χ0) is 50.7. The average molecular weight is 973 g/mol. The quantitative estimate of drug-likeness (QED) is 0.0327. The van der Waals surface area contributed by atoms with Crippen LogP contribution >= 0.6 is 0 Å². The Kier molecular flexibility index (Phi) is 18.8. The number of ether oxygens (including phenoxy) is 7. The Bertz CT molecular complexity index is 2270. The van der Waals surface area contributed by atoms with Gasteiger partial charge in [-0.2, -0.15) is 0 Å². The fourth-order valence-electron chi connectivity index (χ4n) is 7.23. The van der Waals surface area contributed by atoms with Crippen LogP contribution in [0.15, 0.2) is 108 Å². The number of esters is 3. The van der Waals surface area contributed by atoms with E-state index in [0.717, 1.165) is 17.2 Å². The lowest BCUT2D eigenvalue weighted by molar-refractivity contribution is -0.326. The molecule has 3 aliphatic heterocycles. The van der Waals surface area contributed by atoms with Gasteiger partial charge in [-0.15, -0.1) is 0 Å². The topological polar surface area (TPSA) is 355 Å². The Morgan fingerprint density at radius 2 is 1.36 bits per heavy atom. The number of aliphatic carboxylic acids is 1. The number of allylic oxidation sites excluding steroid dienone is 12. The first kappa shape index (κ1) is 53.9. The first-order valence-corrected chi connectivity index (χ1v) is 21.4. The Hall–Kier alpha value is -6.02. The molecule has 1 aliphatic carbocycles. The molecule has 22 nitrogen and oxygen atoms in total. The number of carboxylic acid groups (broad SMARTS) is 1. The van der Waals surface area contributed by atoms with Crippen LogP contribution in [0, 0.1) is 0 Å². The molecule has 1 saturated carbocycles. The second kappa shape index (κ2) is 24.0. The molecule has 11 N–H and O–H groups in total. The minimum atomic E-state index is -2.38. The van der Waals surface area contributed by atoms with Crippen molar-refractivity contribution in [1.29, 1.82) is 0 Å². The highest BCUT2D eigenvalue weighted by molar-refractivity contribution is 5.89. The minimum Gasteiger partial charge on any atom is -0.504 e. The molecule has 0 radical (unpaired) electrons. The summed E-state index contributed by atoms with van der Waals surface area (Å²) >= 11 is 0. The summed E-state index contributed by atoms with van der Waals surface area (Å²) in [4.78, 5) is 50.5. The third-order valence-corrected chi connectivity index (χ3v) is 11.2. The van der Waals surface area contributed by atoms with Crippen molar-refractivity contribution in [2.75, 3.05) is 13.2 Å². The Morgan fingerprint density at radius 3 is 2.00 bits per heavy atom. The number of rotatable bonds is 16. The molecule has 0 aromatic heterocycles. The van der Waals surface area contributed by atoms with E-state index in [1.807, 2.05) is 0 Å². The molecule has 0 spiro atoms. The number of aliphatic hydroxyl groups excluding tert-OH is 7. The van der Waals surface area contributed by atoms with E-state index in [1.165, 1.54) is 49.4 Å². The minimum absolute atomic E-state index is 0.0675. The highest BCUT2D eigenvalue weighted by Gasteiger charge is 2.56. The first-order valence-electron chi connectivity index (χ1n) is 21.4. The molecule has 22 heteroatoms. The van der Waals surface area contributed by atoms with E-state index in [4.69, 9.17) is 33.2 Å². The van der Waals surface area contributed by atoms with E-state index in [0.29, 0.717) is 5.56 Å². The zero-order valence-electron chi connectivity index (χ0n) is 37.4. The molecule has 14 atom stereocenters. The standard InChI is InChI=1S/C47H56O22/c1-23(10-6-12-25(3)42(58)69-45-40(57)38(55)36(53)33(67-45)22-63-44-39(56)37(54)35(52)32(21-48)66-44)8-4-5-9-24(2)11-7-13-29-43(59)68-41-30(64-29)19-47(62,46(60)61)20-31(41)65-34(51)17-15-26-14-16-27(49)28(50)18-26/h4-18,30-33,35-41,44-45,48-50,52-57,62H,19-22H2,1-3H3,(H,60,61)/b5-4+,10-6+,11-7+,17-15+,23-8+,24-9-,25-12+,29-13-/t30-,31+,32?,33?,35+,36+,37?,38?,39?,40?,41+,44+,45-,47+/m0/s1. The molecule has 3 heterocycles.